The molecule has 4 aromatic carbocycles. The standard InChI is InChI=1S/C34H42O2/c1-2-3-4-5-6-7-8-9-10-11-12-13-14-15-16-20-32(35)36-31-26-24-29-22-21-27-18-17-19-28-23-25-30(31)34(29)33(27)28/h9-10,17-19,21-26H,2-8,11-16,20H2,1H3/b10-9-. The highest BCUT2D eigenvalue weighted by molar-refractivity contribution is 6.24. The summed E-state index contributed by atoms with van der Waals surface area (Å²) in [5.74, 6) is 0.557. The maximum absolute atomic E-state index is 12.6. The van der Waals surface area contributed by atoms with E-state index in [0.29, 0.717) is 12.2 Å². The molecule has 36 heavy (non-hydrogen) atoms. The van der Waals surface area contributed by atoms with Gasteiger partial charge in [-0.05, 0) is 65.8 Å². The van der Waals surface area contributed by atoms with Crippen molar-refractivity contribution in [1.82, 2.24) is 0 Å². The van der Waals surface area contributed by atoms with Crippen LogP contribution in [-0.4, -0.2) is 5.97 Å². The lowest BCUT2D eigenvalue weighted by atomic mass is 9.94. The fourth-order valence-electron chi connectivity index (χ4n) is 5.31. The van der Waals surface area contributed by atoms with Gasteiger partial charge in [-0.15, -0.1) is 0 Å². The van der Waals surface area contributed by atoms with Crippen LogP contribution in [0.25, 0.3) is 32.3 Å². The zero-order valence-electron chi connectivity index (χ0n) is 22.1. The topological polar surface area (TPSA) is 26.3 Å². The molecule has 2 nitrogen and oxygen atoms in total. The Balaban J connectivity index is 1.13. The van der Waals surface area contributed by atoms with Crippen LogP contribution in [0.1, 0.15) is 96.8 Å². The highest BCUT2D eigenvalue weighted by atomic mass is 16.5. The van der Waals surface area contributed by atoms with Gasteiger partial charge in [-0.2, -0.15) is 0 Å². The summed E-state index contributed by atoms with van der Waals surface area (Å²) in [4.78, 5) is 12.6. The van der Waals surface area contributed by atoms with Crippen molar-refractivity contribution >= 4 is 38.3 Å². The van der Waals surface area contributed by atoms with Crippen LogP contribution in [0.3, 0.4) is 0 Å². The molecular weight excluding hydrogens is 440 g/mol. The third-order valence-electron chi connectivity index (χ3n) is 7.36. The molecule has 0 fully saturated rings. The normalized spacial score (nSPS) is 11.9. The molecule has 0 N–H and O–H groups in total. The molecule has 0 spiro atoms. The monoisotopic (exact) mass is 482 g/mol. The lowest BCUT2D eigenvalue weighted by Gasteiger charge is -2.13. The summed E-state index contributed by atoms with van der Waals surface area (Å²) >= 11 is 0. The maximum atomic E-state index is 12.6. The number of carbonyl (C=O) groups is 1. The molecule has 0 saturated carbocycles. The van der Waals surface area contributed by atoms with Crippen molar-refractivity contribution in [2.75, 3.05) is 0 Å². The second-order valence-corrected chi connectivity index (χ2v) is 10.2. The average molecular weight is 483 g/mol. The molecule has 0 heterocycles. The van der Waals surface area contributed by atoms with E-state index in [1.54, 1.807) is 0 Å². The first kappa shape index (κ1) is 26.2. The largest absolute Gasteiger partial charge is 0.426 e. The van der Waals surface area contributed by atoms with Gasteiger partial charge in [0.05, 0.1) is 0 Å². The molecule has 4 rings (SSSR count). The van der Waals surface area contributed by atoms with Gasteiger partial charge in [0, 0.05) is 17.2 Å². The number of allylic oxidation sites excluding steroid dienone is 2. The van der Waals surface area contributed by atoms with Crippen LogP contribution in [0.2, 0.25) is 0 Å². The van der Waals surface area contributed by atoms with Crippen LogP contribution in [0, 0.1) is 0 Å². The molecule has 0 atom stereocenters. The van der Waals surface area contributed by atoms with Gasteiger partial charge in [-0.1, -0.05) is 113 Å². The zero-order chi connectivity index (χ0) is 25.0. The van der Waals surface area contributed by atoms with Crippen molar-refractivity contribution in [3.05, 3.63) is 66.7 Å². The van der Waals surface area contributed by atoms with Gasteiger partial charge in [-0.25, -0.2) is 0 Å². The summed E-state index contributed by atoms with van der Waals surface area (Å²) in [6, 6.07) is 18.9. The number of hydrogen-bond donors (Lipinski definition) is 0. The van der Waals surface area contributed by atoms with Crippen molar-refractivity contribution in [1.29, 1.82) is 0 Å². The summed E-state index contributed by atoms with van der Waals surface area (Å²) in [5, 5.41) is 7.10. The minimum absolute atomic E-state index is 0.123. The smallest absolute Gasteiger partial charge is 0.311 e. The minimum atomic E-state index is -0.123. The van der Waals surface area contributed by atoms with E-state index in [1.807, 2.05) is 6.07 Å². The number of hydrogen-bond acceptors (Lipinski definition) is 2. The van der Waals surface area contributed by atoms with Gasteiger partial charge in [0.25, 0.3) is 0 Å². The molecule has 4 aromatic rings. The number of benzene rings is 4. The molecular formula is C34H42O2. The second kappa shape index (κ2) is 14.0. The first-order chi connectivity index (χ1) is 17.8. The van der Waals surface area contributed by atoms with Crippen LogP contribution in [0.15, 0.2) is 66.7 Å². The van der Waals surface area contributed by atoms with Crippen LogP contribution >= 0.6 is 0 Å². The fourth-order valence-corrected chi connectivity index (χ4v) is 5.31. The van der Waals surface area contributed by atoms with Crippen LogP contribution in [0.4, 0.5) is 0 Å². The highest BCUT2D eigenvalue weighted by Crippen LogP contribution is 2.38. The third kappa shape index (κ3) is 7.09. The van der Waals surface area contributed by atoms with Crippen molar-refractivity contribution in [2.24, 2.45) is 0 Å². The Bertz CT molecular complexity index is 1240. The van der Waals surface area contributed by atoms with E-state index >= 15 is 0 Å². The second-order valence-electron chi connectivity index (χ2n) is 10.2. The molecule has 0 unspecified atom stereocenters. The Morgan fingerprint density at radius 2 is 1.19 bits per heavy atom. The first-order valence-electron chi connectivity index (χ1n) is 14.3. The van der Waals surface area contributed by atoms with Gasteiger partial charge >= 0.3 is 5.97 Å². The number of ether oxygens (including phenoxy) is 1. The average Bonchev–Trinajstić information content (AvgIpc) is 2.90. The van der Waals surface area contributed by atoms with E-state index in [1.165, 1.54) is 97.6 Å². The molecule has 190 valence electrons. The van der Waals surface area contributed by atoms with Gasteiger partial charge in [0.2, 0.25) is 0 Å². The predicted molar refractivity (Wildman–Crippen MR) is 155 cm³/mol. The molecule has 0 amide bonds. The molecule has 2 heteroatoms. The van der Waals surface area contributed by atoms with Crippen molar-refractivity contribution in [2.45, 2.75) is 96.8 Å². The van der Waals surface area contributed by atoms with Crippen molar-refractivity contribution in [3.8, 4) is 5.75 Å². The predicted octanol–water partition coefficient (Wildman–Crippen LogP) is 10.5. The molecule has 0 radical (unpaired) electrons. The Labute approximate surface area is 217 Å². The number of unbranched alkanes of at least 4 members (excludes halogenated alkanes) is 11. The molecule has 0 aliphatic rings. The lowest BCUT2D eigenvalue weighted by molar-refractivity contribution is -0.134. The lowest BCUT2D eigenvalue weighted by Crippen LogP contribution is -2.08. The van der Waals surface area contributed by atoms with Gasteiger partial charge in [0.1, 0.15) is 5.75 Å². The summed E-state index contributed by atoms with van der Waals surface area (Å²) in [6.07, 6.45) is 21.5. The molecule has 0 saturated heterocycles. The van der Waals surface area contributed by atoms with Gasteiger partial charge in [0.15, 0.2) is 0 Å². The van der Waals surface area contributed by atoms with E-state index < -0.39 is 0 Å². The molecule has 0 aliphatic carbocycles. The summed E-state index contributed by atoms with van der Waals surface area (Å²) < 4.78 is 5.84. The summed E-state index contributed by atoms with van der Waals surface area (Å²) in [7, 11) is 0. The molecule has 0 aliphatic heterocycles. The zero-order valence-corrected chi connectivity index (χ0v) is 22.1. The van der Waals surface area contributed by atoms with Crippen LogP contribution in [0.5, 0.6) is 5.75 Å². The number of rotatable bonds is 16. The molecule has 0 bridgehead atoms. The van der Waals surface area contributed by atoms with E-state index in [0.717, 1.165) is 18.2 Å². The highest BCUT2D eigenvalue weighted by Gasteiger charge is 2.13. The van der Waals surface area contributed by atoms with E-state index in [-0.39, 0.29) is 5.97 Å². The van der Waals surface area contributed by atoms with Crippen LogP contribution in [-0.2, 0) is 4.79 Å². The Kier molecular flexibility index (Phi) is 10.2. The van der Waals surface area contributed by atoms with E-state index in [4.69, 9.17) is 4.74 Å². The third-order valence-corrected chi connectivity index (χ3v) is 7.36. The fraction of sp³-hybridized carbons (Fsp3) is 0.441. The maximum Gasteiger partial charge on any atom is 0.311 e. The number of esters is 1. The SMILES string of the molecule is CCCCCCCC/C=C\CCCCCCCC(=O)Oc1ccc2ccc3cccc4ccc1c2c34. The summed E-state index contributed by atoms with van der Waals surface area (Å²) in [6.45, 7) is 2.27. The number of carbonyl (C=O) groups excluding carboxylic acids is 1. The van der Waals surface area contributed by atoms with E-state index in [2.05, 4.69) is 67.6 Å². The van der Waals surface area contributed by atoms with Gasteiger partial charge < -0.3 is 4.74 Å². The first-order valence-corrected chi connectivity index (χ1v) is 14.3. The minimum Gasteiger partial charge on any atom is -0.426 e. The Morgan fingerprint density at radius 1 is 0.639 bits per heavy atom. The Hall–Kier alpha value is -2.87. The van der Waals surface area contributed by atoms with Crippen molar-refractivity contribution < 1.29 is 9.53 Å². The van der Waals surface area contributed by atoms with E-state index in [9.17, 15) is 4.79 Å². The quantitative estimate of drug-likeness (QED) is 0.0522. The Morgan fingerprint density at radius 3 is 1.89 bits per heavy atom. The van der Waals surface area contributed by atoms with Crippen LogP contribution < -0.4 is 4.74 Å². The van der Waals surface area contributed by atoms with Crippen molar-refractivity contribution in [3.63, 3.8) is 0 Å². The summed E-state index contributed by atoms with van der Waals surface area (Å²) in [5.41, 5.74) is 0. The molecule has 0 aromatic heterocycles. The van der Waals surface area contributed by atoms with Gasteiger partial charge in [-0.3, -0.25) is 4.79 Å².